The van der Waals surface area contributed by atoms with E-state index in [0.717, 1.165) is 12.1 Å². The summed E-state index contributed by atoms with van der Waals surface area (Å²) in [6, 6.07) is 5.57. The Hall–Kier alpha value is -3.09. The first-order valence-electron chi connectivity index (χ1n) is 5.38. The van der Waals surface area contributed by atoms with Gasteiger partial charge in [-0.1, -0.05) is 6.07 Å². The molecule has 0 saturated carbocycles. The number of hydrogen-bond acceptors (Lipinski definition) is 7. The highest BCUT2D eigenvalue weighted by molar-refractivity contribution is 5.93. The van der Waals surface area contributed by atoms with Gasteiger partial charge in [0.15, 0.2) is 28.7 Å². The van der Waals surface area contributed by atoms with E-state index in [9.17, 15) is 25.2 Å². The molecule has 20 heavy (non-hydrogen) atoms. The fraction of sp³-hybridized carbons (Fsp3) is 0. The zero-order valence-electron chi connectivity index (χ0n) is 9.94. The second kappa shape index (κ2) is 4.88. The lowest BCUT2D eigenvalue weighted by Gasteiger charge is -2.08. The lowest BCUT2D eigenvalue weighted by molar-refractivity contribution is 0.0728. The maximum absolute atomic E-state index is 11.8. The summed E-state index contributed by atoms with van der Waals surface area (Å²) in [6.07, 6.45) is 0. The lowest BCUT2D eigenvalue weighted by atomic mass is 10.2. The molecule has 7 nitrogen and oxygen atoms in total. The Kier molecular flexibility index (Phi) is 3.26. The predicted octanol–water partition coefficient (Wildman–Crippen LogP) is 1.43. The molecule has 0 bridgehead atoms. The first-order valence-corrected chi connectivity index (χ1v) is 5.38. The molecule has 0 saturated heterocycles. The van der Waals surface area contributed by atoms with Gasteiger partial charge >= 0.3 is 5.97 Å². The maximum atomic E-state index is 11.8. The van der Waals surface area contributed by atoms with Crippen LogP contribution in [-0.2, 0) is 0 Å². The number of para-hydroxylation sites is 1. The Labute approximate surface area is 112 Å². The average molecular weight is 278 g/mol. The number of esters is 1. The number of carbonyl (C=O) groups excluding carboxylic acids is 1. The highest BCUT2D eigenvalue weighted by Crippen LogP contribution is 2.37. The summed E-state index contributed by atoms with van der Waals surface area (Å²) in [6.45, 7) is 0. The smallest absolute Gasteiger partial charge is 0.343 e. The molecule has 2 aromatic carbocycles. The van der Waals surface area contributed by atoms with Crippen LogP contribution in [0.1, 0.15) is 10.4 Å². The molecule has 2 aromatic rings. The van der Waals surface area contributed by atoms with Gasteiger partial charge in [-0.05, 0) is 24.3 Å². The van der Waals surface area contributed by atoms with Crippen LogP contribution in [0.5, 0.6) is 34.5 Å². The molecule has 0 fully saturated rings. The molecule has 0 aliphatic carbocycles. The van der Waals surface area contributed by atoms with Gasteiger partial charge < -0.3 is 30.3 Å². The summed E-state index contributed by atoms with van der Waals surface area (Å²) in [5.74, 6) is -4.53. The highest BCUT2D eigenvalue weighted by atomic mass is 16.5. The minimum Gasteiger partial charge on any atom is -0.504 e. The summed E-state index contributed by atoms with van der Waals surface area (Å²) in [5, 5.41) is 46.5. The first-order chi connectivity index (χ1) is 9.40. The van der Waals surface area contributed by atoms with Crippen LogP contribution in [0.2, 0.25) is 0 Å². The summed E-state index contributed by atoms with van der Waals surface area (Å²) < 4.78 is 4.81. The van der Waals surface area contributed by atoms with Crippen LogP contribution in [0.4, 0.5) is 0 Å². The molecular formula is C13H10O7. The molecule has 104 valence electrons. The van der Waals surface area contributed by atoms with E-state index in [4.69, 9.17) is 9.84 Å². The van der Waals surface area contributed by atoms with Crippen LogP contribution in [0, 0.1) is 0 Å². The largest absolute Gasteiger partial charge is 0.504 e. The number of aromatic hydroxyl groups is 5. The molecule has 5 N–H and O–H groups in total. The second-order valence-corrected chi connectivity index (χ2v) is 3.88. The SMILES string of the molecule is O=C(Oc1cccc(O)c1O)c1cc(O)c(O)c(O)c1. The van der Waals surface area contributed by atoms with E-state index < -0.39 is 34.7 Å². The van der Waals surface area contributed by atoms with Crippen molar-refractivity contribution in [3.8, 4) is 34.5 Å². The summed E-state index contributed by atoms with van der Waals surface area (Å²) in [7, 11) is 0. The monoisotopic (exact) mass is 278 g/mol. The van der Waals surface area contributed by atoms with E-state index in [0.29, 0.717) is 0 Å². The van der Waals surface area contributed by atoms with Crippen LogP contribution < -0.4 is 4.74 Å². The lowest BCUT2D eigenvalue weighted by Crippen LogP contribution is -2.08. The van der Waals surface area contributed by atoms with Crippen molar-refractivity contribution >= 4 is 5.97 Å². The second-order valence-electron chi connectivity index (χ2n) is 3.88. The molecule has 0 aliphatic rings. The average Bonchev–Trinajstić information content (AvgIpc) is 2.40. The minimum atomic E-state index is -1.00. The van der Waals surface area contributed by atoms with Crippen molar-refractivity contribution in [1.82, 2.24) is 0 Å². The third-order valence-electron chi connectivity index (χ3n) is 2.49. The number of carbonyl (C=O) groups is 1. The fourth-order valence-corrected chi connectivity index (χ4v) is 1.47. The van der Waals surface area contributed by atoms with Gasteiger partial charge in [0.2, 0.25) is 5.75 Å². The van der Waals surface area contributed by atoms with Gasteiger partial charge in [0.1, 0.15) is 0 Å². The van der Waals surface area contributed by atoms with E-state index in [1.807, 2.05) is 0 Å². The van der Waals surface area contributed by atoms with E-state index >= 15 is 0 Å². The standard InChI is InChI=1S/C13H10O7/c14-7-2-1-3-10(12(7)18)20-13(19)6-4-8(15)11(17)9(16)5-6/h1-5,14-18H. The Bertz CT molecular complexity index is 655. The Balaban J connectivity index is 2.31. The molecular weight excluding hydrogens is 268 g/mol. The molecule has 2 rings (SSSR count). The quantitative estimate of drug-likeness (QED) is 0.319. The van der Waals surface area contributed by atoms with Crippen molar-refractivity contribution in [3.05, 3.63) is 35.9 Å². The Morgan fingerprint density at radius 2 is 1.45 bits per heavy atom. The number of phenolic OH excluding ortho intramolecular Hbond substituents is 5. The summed E-state index contributed by atoms with van der Waals surface area (Å²) >= 11 is 0. The Morgan fingerprint density at radius 1 is 0.850 bits per heavy atom. The van der Waals surface area contributed by atoms with Gasteiger partial charge in [0.05, 0.1) is 5.56 Å². The van der Waals surface area contributed by atoms with Crippen molar-refractivity contribution in [2.24, 2.45) is 0 Å². The molecule has 0 heterocycles. The number of hydrogen-bond donors (Lipinski definition) is 5. The molecule has 0 radical (unpaired) electrons. The van der Waals surface area contributed by atoms with E-state index in [1.165, 1.54) is 18.2 Å². The van der Waals surface area contributed by atoms with Gasteiger partial charge in [-0.25, -0.2) is 4.79 Å². The van der Waals surface area contributed by atoms with Crippen LogP contribution in [0.3, 0.4) is 0 Å². The van der Waals surface area contributed by atoms with Crippen LogP contribution in [0.15, 0.2) is 30.3 Å². The van der Waals surface area contributed by atoms with E-state index in [1.54, 1.807) is 0 Å². The highest BCUT2D eigenvalue weighted by Gasteiger charge is 2.17. The molecule has 7 heteroatoms. The first kappa shape index (κ1) is 13.3. The van der Waals surface area contributed by atoms with Crippen molar-refractivity contribution in [2.75, 3.05) is 0 Å². The zero-order chi connectivity index (χ0) is 14.9. The molecule has 0 aromatic heterocycles. The van der Waals surface area contributed by atoms with Gasteiger partial charge in [-0.3, -0.25) is 0 Å². The Morgan fingerprint density at radius 3 is 2.05 bits per heavy atom. The molecule has 0 atom stereocenters. The van der Waals surface area contributed by atoms with Gasteiger partial charge in [-0.2, -0.15) is 0 Å². The molecule has 0 amide bonds. The normalized spacial score (nSPS) is 10.2. The fourth-order valence-electron chi connectivity index (χ4n) is 1.47. The number of phenols is 5. The van der Waals surface area contributed by atoms with Gasteiger partial charge in [0, 0.05) is 0 Å². The summed E-state index contributed by atoms with van der Waals surface area (Å²) in [5.41, 5.74) is -0.249. The van der Waals surface area contributed by atoms with Crippen LogP contribution in [0.25, 0.3) is 0 Å². The van der Waals surface area contributed by atoms with Gasteiger partial charge in [-0.15, -0.1) is 0 Å². The third-order valence-corrected chi connectivity index (χ3v) is 2.49. The molecule has 0 aliphatic heterocycles. The number of rotatable bonds is 2. The number of benzene rings is 2. The van der Waals surface area contributed by atoms with E-state index in [2.05, 4.69) is 0 Å². The zero-order valence-corrected chi connectivity index (χ0v) is 9.94. The van der Waals surface area contributed by atoms with Crippen molar-refractivity contribution in [2.45, 2.75) is 0 Å². The van der Waals surface area contributed by atoms with Gasteiger partial charge in [0.25, 0.3) is 0 Å². The topological polar surface area (TPSA) is 127 Å². The predicted molar refractivity (Wildman–Crippen MR) is 66.2 cm³/mol. The summed E-state index contributed by atoms with van der Waals surface area (Å²) in [4.78, 5) is 11.8. The van der Waals surface area contributed by atoms with Crippen molar-refractivity contribution < 1.29 is 35.1 Å². The molecule has 0 unspecified atom stereocenters. The van der Waals surface area contributed by atoms with Crippen molar-refractivity contribution in [3.63, 3.8) is 0 Å². The molecule has 0 spiro atoms. The minimum absolute atomic E-state index is 0.249. The number of ether oxygens (including phenoxy) is 1. The maximum Gasteiger partial charge on any atom is 0.343 e. The van der Waals surface area contributed by atoms with Crippen LogP contribution in [-0.4, -0.2) is 31.5 Å². The third kappa shape index (κ3) is 2.37. The van der Waals surface area contributed by atoms with Crippen LogP contribution >= 0.6 is 0 Å². The van der Waals surface area contributed by atoms with Crippen molar-refractivity contribution in [1.29, 1.82) is 0 Å². The van der Waals surface area contributed by atoms with E-state index in [-0.39, 0.29) is 11.3 Å².